The van der Waals surface area contributed by atoms with Crippen molar-refractivity contribution in [1.29, 1.82) is 0 Å². The van der Waals surface area contributed by atoms with E-state index >= 15 is 0 Å². The van der Waals surface area contributed by atoms with Crippen LogP contribution in [0, 0.1) is 6.92 Å². The molecule has 3 aromatic rings. The SMILES string of the molecule is Cc1ccc(Cl)cc1N=Cc1ccc(OCc2ccccc2)c(C(=O)O)c1. The van der Waals surface area contributed by atoms with Gasteiger partial charge in [-0.25, -0.2) is 4.79 Å². The highest BCUT2D eigenvalue weighted by molar-refractivity contribution is 6.30. The Morgan fingerprint density at radius 1 is 1.11 bits per heavy atom. The van der Waals surface area contributed by atoms with E-state index in [1.165, 1.54) is 0 Å². The van der Waals surface area contributed by atoms with Gasteiger partial charge in [0.15, 0.2) is 0 Å². The van der Waals surface area contributed by atoms with Crippen molar-refractivity contribution in [2.24, 2.45) is 4.99 Å². The van der Waals surface area contributed by atoms with Crippen LogP contribution in [0.2, 0.25) is 5.02 Å². The van der Waals surface area contributed by atoms with Gasteiger partial charge in [0.1, 0.15) is 17.9 Å². The quantitative estimate of drug-likeness (QED) is 0.561. The molecule has 5 heteroatoms. The Kier molecular flexibility index (Phi) is 5.89. The zero-order chi connectivity index (χ0) is 19.2. The molecular weight excluding hydrogens is 362 g/mol. The highest BCUT2D eigenvalue weighted by Crippen LogP contribution is 2.24. The van der Waals surface area contributed by atoms with Crippen LogP contribution in [-0.2, 0) is 6.61 Å². The van der Waals surface area contributed by atoms with Crippen LogP contribution in [0.1, 0.15) is 27.0 Å². The molecule has 0 saturated carbocycles. The minimum atomic E-state index is -1.05. The first-order chi connectivity index (χ1) is 13.0. The van der Waals surface area contributed by atoms with Gasteiger partial charge in [0, 0.05) is 11.2 Å². The van der Waals surface area contributed by atoms with Gasteiger partial charge in [-0.15, -0.1) is 0 Å². The van der Waals surface area contributed by atoms with Crippen LogP contribution in [0.15, 0.2) is 71.7 Å². The minimum Gasteiger partial charge on any atom is -0.488 e. The minimum absolute atomic E-state index is 0.0951. The lowest BCUT2D eigenvalue weighted by Gasteiger charge is -2.10. The average molecular weight is 380 g/mol. The van der Waals surface area contributed by atoms with Crippen LogP contribution in [0.3, 0.4) is 0 Å². The second-order valence-corrected chi connectivity index (χ2v) is 6.46. The molecule has 4 nitrogen and oxygen atoms in total. The van der Waals surface area contributed by atoms with E-state index in [9.17, 15) is 9.90 Å². The number of nitrogens with zero attached hydrogens (tertiary/aromatic N) is 1. The van der Waals surface area contributed by atoms with E-state index in [4.69, 9.17) is 16.3 Å². The molecule has 0 fully saturated rings. The Bertz CT molecular complexity index is 984. The standard InChI is InChI=1S/C22H18ClNO3/c1-15-7-9-18(23)12-20(15)24-13-17-8-10-21(19(11-17)22(25)26)27-14-16-5-3-2-4-6-16/h2-13H,14H2,1H3,(H,25,26). The van der Waals surface area contributed by atoms with Gasteiger partial charge >= 0.3 is 5.97 Å². The van der Waals surface area contributed by atoms with Crippen molar-refractivity contribution in [3.63, 3.8) is 0 Å². The molecule has 1 N–H and O–H groups in total. The molecule has 0 bridgehead atoms. The van der Waals surface area contributed by atoms with Crippen LogP contribution < -0.4 is 4.74 Å². The normalized spacial score (nSPS) is 10.9. The summed E-state index contributed by atoms with van der Waals surface area (Å²) in [6, 6.07) is 20.0. The first-order valence-corrected chi connectivity index (χ1v) is 8.75. The van der Waals surface area contributed by atoms with E-state index in [2.05, 4.69) is 4.99 Å². The second kappa shape index (κ2) is 8.52. The van der Waals surface area contributed by atoms with Gasteiger partial charge in [-0.3, -0.25) is 4.99 Å². The maximum Gasteiger partial charge on any atom is 0.339 e. The Labute approximate surface area is 162 Å². The van der Waals surface area contributed by atoms with Crippen molar-refractivity contribution in [2.45, 2.75) is 13.5 Å². The number of aliphatic imine (C=N–C) groups is 1. The number of carbonyl (C=O) groups is 1. The zero-order valence-corrected chi connectivity index (χ0v) is 15.5. The number of rotatable bonds is 6. The molecule has 0 heterocycles. The number of aromatic carboxylic acids is 1. The molecule has 0 aliphatic heterocycles. The van der Waals surface area contributed by atoms with Gasteiger partial charge in [-0.05, 0) is 53.9 Å². The van der Waals surface area contributed by atoms with E-state index in [1.807, 2.05) is 43.3 Å². The van der Waals surface area contributed by atoms with Crippen molar-refractivity contribution in [3.05, 3.63) is 94.0 Å². The molecule has 0 aliphatic rings. The summed E-state index contributed by atoms with van der Waals surface area (Å²) in [7, 11) is 0. The van der Waals surface area contributed by atoms with E-state index in [-0.39, 0.29) is 5.56 Å². The van der Waals surface area contributed by atoms with Crippen LogP contribution in [0.5, 0.6) is 5.75 Å². The molecule has 0 atom stereocenters. The number of ether oxygens (including phenoxy) is 1. The molecule has 0 spiro atoms. The molecule has 3 rings (SSSR count). The van der Waals surface area contributed by atoms with Gasteiger partial charge in [-0.1, -0.05) is 48.0 Å². The van der Waals surface area contributed by atoms with Gasteiger partial charge < -0.3 is 9.84 Å². The predicted octanol–water partition coefficient (Wildman–Crippen LogP) is 5.68. The largest absolute Gasteiger partial charge is 0.488 e. The van der Waals surface area contributed by atoms with E-state index in [1.54, 1.807) is 36.5 Å². The lowest BCUT2D eigenvalue weighted by Crippen LogP contribution is -2.04. The molecule has 0 amide bonds. The fraction of sp³-hybridized carbons (Fsp3) is 0.0909. The molecule has 0 unspecified atom stereocenters. The highest BCUT2D eigenvalue weighted by atomic mass is 35.5. The molecule has 3 aromatic carbocycles. The zero-order valence-electron chi connectivity index (χ0n) is 14.7. The average Bonchev–Trinajstić information content (AvgIpc) is 2.68. The van der Waals surface area contributed by atoms with E-state index in [0.717, 1.165) is 16.8 Å². The number of carboxylic acid groups (broad SMARTS) is 1. The summed E-state index contributed by atoms with van der Waals surface area (Å²) in [5.41, 5.74) is 3.45. The van der Waals surface area contributed by atoms with Gasteiger partial charge in [0.2, 0.25) is 0 Å². The number of hydrogen-bond acceptors (Lipinski definition) is 3. The summed E-state index contributed by atoms with van der Waals surface area (Å²) >= 11 is 6.00. The molecular formula is C22H18ClNO3. The predicted molar refractivity (Wildman–Crippen MR) is 108 cm³/mol. The number of halogens is 1. The maximum absolute atomic E-state index is 11.6. The molecule has 0 radical (unpaired) electrons. The third kappa shape index (κ3) is 4.96. The van der Waals surface area contributed by atoms with Crippen molar-refractivity contribution in [1.82, 2.24) is 0 Å². The number of carboxylic acids is 1. The van der Waals surface area contributed by atoms with Crippen molar-refractivity contribution >= 4 is 29.5 Å². The first kappa shape index (κ1) is 18.7. The summed E-state index contributed by atoms with van der Waals surface area (Å²) < 4.78 is 5.69. The summed E-state index contributed by atoms with van der Waals surface area (Å²) in [6.45, 7) is 2.24. The summed E-state index contributed by atoms with van der Waals surface area (Å²) in [5.74, 6) is -0.727. The Morgan fingerprint density at radius 2 is 1.89 bits per heavy atom. The second-order valence-electron chi connectivity index (χ2n) is 6.02. The van der Waals surface area contributed by atoms with E-state index in [0.29, 0.717) is 22.9 Å². The van der Waals surface area contributed by atoms with Crippen molar-refractivity contribution in [2.75, 3.05) is 0 Å². The number of benzene rings is 3. The molecule has 0 aromatic heterocycles. The van der Waals surface area contributed by atoms with Crippen molar-refractivity contribution < 1.29 is 14.6 Å². The number of aryl methyl sites for hydroxylation is 1. The van der Waals surface area contributed by atoms with Crippen molar-refractivity contribution in [3.8, 4) is 5.75 Å². The molecule has 0 saturated heterocycles. The van der Waals surface area contributed by atoms with Crippen LogP contribution >= 0.6 is 11.6 Å². The highest BCUT2D eigenvalue weighted by Gasteiger charge is 2.12. The van der Waals surface area contributed by atoms with Crippen LogP contribution in [0.4, 0.5) is 5.69 Å². The lowest BCUT2D eigenvalue weighted by atomic mass is 10.1. The summed E-state index contributed by atoms with van der Waals surface area (Å²) in [5, 5.41) is 10.1. The topological polar surface area (TPSA) is 58.9 Å². The van der Waals surface area contributed by atoms with Gasteiger partial charge in [-0.2, -0.15) is 0 Å². The number of hydrogen-bond donors (Lipinski definition) is 1. The third-order valence-corrected chi connectivity index (χ3v) is 4.23. The molecule has 136 valence electrons. The summed E-state index contributed by atoms with van der Waals surface area (Å²) in [4.78, 5) is 16.0. The molecule has 27 heavy (non-hydrogen) atoms. The van der Waals surface area contributed by atoms with Gasteiger partial charge in [0.25, 0.3) is 0 Å². The Morgan fingerprint density at radius 3 is 2.63 bits per heavy atom. The fourth-order valence-corrected chi connectivity index (χ4v) is 2.69. The first-order valence-electron chi connectivity index (χ1n) is 8.37. The Hall–Kier alpha value is -3.11. The summed E-state index contributed by atoms with van der Waals surface area (Å²) in [6.07, 6.45) is 1.62. The Balaban J connectivity index is 1.81. The monoisotopic (exact) mass is 379 g/mol. The smallest absolute Gasteiger partial charge is 0.339 e. The van der Waals surface area contributed by atoms with E-state index < -0.39 is 5.97 Å². The lowest BCUT2D eigenvalue weighted by molar-refractivity contribution is 0.0691. The third-order valence-electron chi connectivity index (χ3n) is 4.00. The maximum atomic E-state index is 11.6. The molecule has 0 aliphatic carbocycles. The van der Waals surface area contributed by atoms with Crippen LogP contribution in [-0.4, -0.2) is 17.3 Å². The van der Waals surface area contributed by atoms with Crippen LogP contribution in [0.25, 0.3) is 0 Å². The van der Waals surface area contributed by atoms with Gasteiger partial charge in [0.05, 0.1) is 5.69 Å². The fourth-order valence-electron chi connectivity index (χ4n) is 2.52.